The molecule has 11 heteroatoms. The molecule has 0 radical (unpaired) electrons. The predicted molar refractivity (Wildman–Crippen MR) is 146 cm³/mol. The van der Waals surface area contributed by atoms with E-state index in [1.807, 2.05) is 4.68 Å². The number of benzene rings is 2. The number of carbonyl (C=O) groups excluding carboxylic acids is 2. The highest BCUT2D eigenvalue weighted by Gasteiger charge is 2.42. The number of urea groups is 1. The Kier molecular flexibility index (Phi) is 7.13. The van der Waals surface area contributed by atoms with Gasteiger partial charge in [0, 0.05) is 25.6 Å². The number of halogens is 3. The van der Waals surface area contributed by atoms with Crippen LogP contribution < -0.4 is 5.32 Å². The first-order chi connectivity index (χ1) is 19.7. The Labute approximate surface area is 235 Å². The molecule has 2 N–H and O–H groups in total. The molecule has 3 aliphatic rings. The molecule has 0 bridgehead atoms. The standard InChI is InChI=1S/C30H32F3N5O3/c31-30(32,33)23-7-2-1-6-21(23)25-9-5-15-37(25)28(40)22-18-34-38(27(22)19-11-12-19)20-13-16-36(17-14-20)29(41)35-24-8-3-4-10-26(24)39/h1-4,6-8,10,18-20,25,39H,5,9,11-17H2,(H,35,41). The Morgan fingerprint density at radius 2 is 1.63 bits per heavy atom. The predicted octanol–water partition coefficient (Wildman–Crippen LogP) is 6.33. The fraction of sp³-hybridized carbons (Fsp3) is 0.433. The van der Waals surface area contributed by atoms with Crippen molar-refractivity contribution in [3.8, 4) is 5.75 Å². The summed E-state index contributed by atoms with van der Waals surface area (Å²) in [4.78, 5) is 30.0. The molecule has 0 spiro atoms. The van der Waals surface area contributed by atoms with Gasteiger partial charge in [-0.3, -0.25) is 9.48 Å². The molecule has 1 atom stereocenters. The van der Waals surface area contributed by atoms with Gasteiger partial charge in [-0.15, -0.1) is 0 Å². The quantitative estimate of drug-likeness (QED) is 0.353. The molecule has 1 aromatic heterocycles. The number of anilines is 1. The molecule has 41 heavy (non-hydrogen) atoms. The Bertz CT molecular complexity index is 1440. The van der Waals surface area contributed by atoms with Crippen molar-refractivity contribution in [1.82, 2.24) is 19.6 Å². The number of rotatable bonds is 5. The van der Waals surface area contributed by atoms with Gasteiger partial charge < -0.3 is 20.2 Å². The summed E-state index contributed by atoms with van der Waals surface area (Å²) in [5.41, 5.74) is 1.14. The normalized spacial score (nSPS) is 19.9. The van der Waals surface area contributed by atoms with E-state index in [0.29, 0.717) is 56.6 Å². The number of carbonyl (C=O) groups is 2. The van der Waals surface area contributed by atoms with Crippen LogP contribution in [0.3, 0.4) is 0 Å². The molecule has 216 valence electrons. The minimum atomic E-state index is -4.49. The fourth-order valence-electron chi connectivity index (χ4n) is 6.21. The number of hydrogen-bond donors (Lipinski definition) is 2. The summed E-state index contributed by atoms with van der Waals surface area (Å²) in [6.07, 6.45) is 1.37. The van der Waals surface area contributed by atoms with Crippen LogP contribution in [0.25, 0.3) is 0 Å². The van der Waals surface area contributed by atoms with Crippen LogP contribution in [0.2, 0.25) is 0 Å². The average molecular weight is 568 g/mol. The number of aromatic nitrogens is 2. The third kappa shape index (κ3) is 5.37. The highest BCUT2D eigenvalue weighted by molar-refractivity contribution is 5.96. The molecule has 2 saturated heterocycles. The second kappa shape index (κ2) is 10.8. The van der Waals surface area contributed by atoms with Crippen molar-refractivity contribution >= 4 is 17.6 Å². The van der Waals surface area contributed by atoms with Gasteiger partial charge in [-0.05, 0) is 62.3 Å². The van der Waals surface area contributed by atoms with Crippen LogP contribution in [-0.4, -0.2) is 56.3 Å². The molecule has 3 amide bonds. The van der Waals surface area contributed by atoms with Crippen LogP contribution in [0.15, 0.2) is 54.7 Å². The molecule has 6 rings (SSSR count). The first-order valence-corrected chi connectivity index (χ1v) is 14.1. The van der Waals surface area contributed by atoms with Crippen LogP contribution in [-0.2, 0) is 6.18 Å². The minimum absolute atomic E-state index is 0.000634. The smallest absolute Gasteiger partial charge is 0.416 e. The Morgan fingerprint density at radius 1 is 0.927 bits per heavy atom. The molecule has 3 fully saturated rings. The maximum absolute atomic E-state index is 13.9. The second-order valence-corrected chi connectivity index (χ2v) is 11.1. The molecule has 8 nitrogen and oxygen atoms in total. The Balaban J connectivity index is 1.19. The molecular weight excluding hydrogens is 535 g/mol. The number of amides is 3. The number of hydrogen-bond acceptors (Lipinski definition) is 4. The van der Waals surface area contributed by atoms with Gasteiger partial charge in [0.15, 0.2) is 0 Å². The van der Waals surface area contributed by atoms with E-state index in [1.165, 1.54) is 18.2 Å². The summed E-state index contributed by atoms with van der Waals surface area (Å²) in [5, 5.41) is 17.4. The molecule has 2 aromatic carbocycles. The van der Waals surface area contributed by atoms with E-state index in [1.54, 1.807) is 40.3 Å². The number of nitrogens with zero attached hydrogens (tertiary/aromatic N) is 4. The second-order valence-electron chi connectivity index (χ2n) is 11.1. The zero-order valence-corrected chi connectivity index (χ0v) is 22.5. The van der Waals surface area contributed by atoms with Crippen molar-refractivity contribution in [1.29, 1.82) is 0 Å². The lowest BCUT2D eigenvalue weighted by atomic mass is 9.97. The zero-order chi connectivity index (χ0) is 28.7. The number of aromatic hydroxyl groups is 1. The van der Waals surface area contributed by atoms with Crippen LogP contribution in [0, 0.1) is 0 Å². The van der Waals surface area contributed by atoms with Gasteiger partial charge in [-0.25, -0.2) is 4.79 Å². The number of alkyl halides is 3. The van der Waals surface area contributed by atoms with Crippen molar-refractivity contribution in [3.63, 3.8) is 0 Å². The number of likely N-dealkylation sites (tertiary alicyclic amines) is 2. The summed E-state index contributed by atoms with van der Waals surface area (Å²) >= 11 is 0. The summed E-state index contributed by atoms with van der Waals surface area (Å²) in [7, 11) is 0. The maximum Gasteiger partial charge on any atom is 0.416 e. The first kappa shape index (κ1) is 27.2. The topological polar surface area (TPSA) is 90.7 Å². The minimum Gasteiger partial charge on any atom is -0.506 e. The van der Waals surface area contributed by atoms with E-state index in [4.69, 9.17) is 0 Å². The zero-order valence-electron chi connectivity index (χ0n) is 22.5. The first-order valence-electron chi connectivity index (χ1n) is 14.1. The van der Waals surface area contributed by atoms with Gasteiger partial charge >= 0.3 is 12.2 Å². The van der Waals surface area contributed by atoms with Crippen LogP contribution >= 0.6 is 0 Å². The number of phenolic OH excluding ortho intramolecular Hbond substituents is 1. The van der Waals surface area contributed by atoms with E-state index < -0.39 is 17.8 Å². The monoisotopic (exact) mass is 567 g/mol. The largest absolute Gasteiger partial charge is 0.506 e. The van der Waals surface area contributed by atoms with E-state index in [9.17, 15) is 27.9 Å². The highest BCUT2D eigenvalue weighted by atomic mass is 19.4. The number of nitrogens with one attached hydrogen (secondary N) is 1. The Morgan fingerprint density at radius 3 is 2.34 bits per heavy atom. The van der Waals surface area contributed by atoms with Crippen LogP contribution in [0.1, 0.15) is 83.7 Å². The number of para-hydroxylation sites is 2. The molecule has 2 aliphatic heterocycles. The van der Waals surface area contributed by atoms with Crippen molar-refractivity contribution in [2.24, 2.45) is 0 Å². The van der Waals surface area contributed by atoms with Gasteiger partial charge in [0.2, 0.25) is 0 Å². The van der Waals surface area contributed by atoms with Gasteiger partial charge in [0.1, 0.15) is 5.75 Å². The van der Waals surface area contributed by atoms with Gasteiger partial charge in [0.05, 0.1) is 40.8 Å². The van der Waals surface area contributed by atoms with Gasteiger partial charge in [-0.2, -0.15) is 18.3 Å². The summed E-state index contributed by atoms with van der Waals surface area (Å²) in [5.74, 6) is -0.0693. The van der Waals surface area contributed by atoms with Crippen molar-refractivity contribution in [2.75, 3.05) is 25.0 Å². The van der Waals surface area contributed by atoms with Gasteiger partial charge in [0.25, 0.3) is 5.91 Å². The summed E-state index contributed by atoms with van der Waals surface area (Å²) in [6.45, 7) is 1.37. The lowest BCUT2D eigenvalue weighted by Crippen LogP contribution is -2.41. The van der Waals surface area contributed by atoms with Gasteiger partial charge in [-0.1, -0.05) is 30.3 Å². The van der Waals surface area contributed by atoms with Crippen LogP contribution in [0.5, 0.6) is 5.75 Å². The molecule has 1 unspecified atom stereocenters. The number of piperidine rings is 1. The summed E-state index contributed by atoms with van der Waals surface area (Å²) < 4.78 is 43.3. The average Bonchev–Trinajstić information content (AvgIpc) is 3.51. The maximum atomic E-state index is 13.9. The third-order valence-corrected chi connectivity index (χ3v) is 8.41. The van der Waals surface area contributed by atoms with E-state index in [2.05, 4.69) is 10.4 Å². The molecule has 1 saturated carbocycles. The lowest BCUT2D eigenvalue weighted by molar-refractivity contribution is -0.138. The van der Waals surface area contributed by atoms with Crippen molar-refractivity contribution in [3.05, 3.63) is 77.1 Å². The lowest BCUT2D eigenvalue weighted by Gasteiger charge is -2.33. The molecular formula is C30H32F3N5O3. The molecule has 3 aromatic rings. The third-order valence-electron chi connectivity index (χ3n) is 8.41. The van der Waals surface area contributed by atoms with E-state index in [-0.39, 0.29) is 35.2 Å². The van der Waals surface area contributed by atoms with E-state index in [0.717, 1.165) is 24.6 Å². The number of phenols is 1. The SMILES string of the molecule is O=C(Nc1ccccc1O)N1CCC(n2ncc(C(=O)N3CCCC3c3ccccc3C(F)(F)F)c2C2CC2)CC1. The van der Waals surface area contributed by atoms with E-state index >= 15 is 0 Å². The van der Waals surface area contributed by atoms with Crippen molar-refractivity contribution in [2.45, 2.75) is 62.7 Å². The molecule has 3 heterocycles. The molecule has 1 aliphatic carbocycles. The highest BCUT2D eigenvalue weighted by Crippen LogP contribution is 2.45. The van der Waals surface area contributed by atoms with Crippen molar-refractivity contribution < 1.29 is 27.9 Å². The Hall–Kier alpha value is -4.02. The fourth-order valence-corrected chi connectivity index (χ4v) is 6.21. The van der Waals surface area contributed by atoms with Crippen LogP contribution in [0.4, 0.5) is 23.7 Å². The summed E-state index contributed by atoms with van der Waals surface area (Å²) in [6, 6.07) is 11.2.